The summed E-state index contributed by atoms with van der Waals surface area (Å²) in [6.45, 7) is 23.1. The van der Waals surface area contributed by atoms with Crippen LogP contribution in [0.25, 0.3) is 0 Å². The molecule has 0 aromatic rings. The minimum Gasteiger partial charge on any atom is -0.351 e. The zero-order chi connectivity index (χ0) is 16.6. The van der Waals surface area contributed by atoms with Crippen LogP contribution in [0.2, 0.25) is 0 Å². The summed E-state index contributed by atoms with van der Waals surface area (Å²) < 4.78 is 0. The van der Waals surface area contributed by atoms with Gasteiger partial charge in [0, 0.05) is 50.3 Å². The SMILES string of the molecule is CC(C)N1CCN(C(C)C)C1=C1N(C(C)C)CCN1C(C)C. The molecule has 0 saturated carbocycles. The van der Waals surface area contributed by atoms with E-state index in [1.165, 1.54) is 11.6 Å². The first-order valence-corrected chi connectivity index (χ1v) is 9.06. The second-order valence-electron chi connectivity index (χ2n) is 7.80. The van der Waals surface area contributed by atoms with E-state index in [1.807, 2.05) is 0 Å². The van der Waals surface area contributed by atoms with Crippen molar-refractivity contribution < 1.29 is 0 Å². The molecule has 22 heavy (non-hydrogen) atoms. The molecule has 0 aromatic heterocycles. The maximum absolute atomic E-state index is 2.60. The van der Waals surface area contributed by atoms with E-state index < -0.39 is 0 Å². The van der Waals surface area contributed by atoms with Crippen LogP contribution in [0.1, 0.15) is 55.4 Å². The first-order chi connectivity index (χ1) is 10.3. The zero-order valence-electron chi connectivity index (χ0n) is 15.9. The van der Waals surface area contributed by atoms with Crippen LogP contribution in [0.3, 0.4) is 0 Å². The molecule has 2 saturated heterocycles. The molecule has 2 aliphatic heterocycles. The Morgan fingerprint density at radius 1 is 0.455 bits per heavy atom. The predicted octanol–water partition coefficient (Wildman–Crippen LogP) is 2.98. The van der Waals surface area contributed by atoms with Gasteiger partial charge >= 0.3 is 0 Å². The Hall–Kier alpha value is -1.06. The van der Waals surface area contributed by atoms with E-state index >= 15 is 0 Å². The lowest BCUT2D eigenvalue weighted by atomic mass is 10.2. The molecule has 0 aliphatic carbocycles. The monoisotopic (exact) mass is 308 g/mol. The van der Waals surface area contributed by atoms with Gasteiger partial charge in [0.05, 0.1) is 0 Å². The molecule has 2 aliphatic rings. The highest BCUT2D eigenvalue weighted by atomic mass is 15.5. The molecule has 0 N–H and O–H groups in total. The second-order valence-corrected chi connectivity index (χ2v) is 7.80. The fourth-order valence-electron chi connectivity index (χ4n) is 3.71. The molecule has 2 fully saturated rings. The standard InChI is InChI=1S/C18H36N4/c1-13(2)19-9-10-20(14(3)4)17(19)18-21(15(5)6)11-12-22(18)16(7)8/h13-16H,9-12H2,1-8H3. The summed E-state index contributed by atoms with van der Waals surface area (Å²) in [5.41, 5.74) is 0. The summed E-state index contributed by atoms with van der Waals surface area (Å²) in [5.74, 6) is 2.93. The normalized spacial score (nSPS) is 20.2. The van der Waals surface area contributed by atoms with Gasteiger partial charge in [0.1, 0.15) is 11.6 Å². The van der Waals surface area contributed by atoms with Gasteiger partial charge in [-0.25, -0.2) is 0 Å². The molecule has 0 aromatic carbocycles. The van der Waals surface area contributed by atoms with E-state index in [4.69, 9.17) is 0 Å². The molecular weight excluding hydrogens is 272 g/mol. The van der Waals surface area contributed by atoms with Gasteiger partial charge in [0.2, 0.25) is 0 Å². The first-order valence-electron chi connectivity index (χ1n) is 9.06. The lowest BCUT2D eigenvalue weighted by Gasteiger charge is -2.38. The average Bonchev–Trinajstić information content (AvgIpc) is 3.01. The van der Waals surface area contributed by atoms with Crippen molar-refractivity contribution in [2.45, 2.75) is 79.6 Å². The fraction of sp³-hybridized carbons (Fsp3) is 0.889. The van der Waals surface area contributed by atoms with Gasteiger partial charge < -0.3 is 19.6 Å². The molecule has 2 rings (SSSR count). The van der Waals surface area contributed by atoms with Crippen LogP contribution in [0.4, 0.5) is 0 Å². The van der Waals surface area contributed by atoms with Gasteiger partial charge in [-0.05, 0) is 55.4 Å². The number of nitrogens with zero attached hydrogens (tertiary/aromatic N) is 4. The van der Waals surface area contributed by atoms with Crippen LogP contribution >= 0.6 is 0 Å². The average molecular weight is 309 g/mol. The molecule has 0 atom stereocenters. The highest BCUT2D eigenvalue weighted by Crippen LogP contribution is 2.34. The van der Waals surface area contributed by atoms with Gasteiger partial charge in [0.25, 0.3) is 0 Å². The third-order valence-electron chi connectivity index (χ3n) is 4.95. The smallest absolute Gasteiger partial charge is 0.146 e. The summed E-state index contributed by atoms with van der Waals surface area (Å²) in [6.07, 6.45) is 0. The predicted molar refractivity (Wildman–Crippen MR) is 94.4 cm³/mol. The lowest BCUT2D eigenvalue weighted by Crippen LogP contribution is -2.41. The van der Waals surface area contributed by atoms with Gasteiger partial charge in [-0.2, -0.15) is 0 Å². The number of hydrogen-bond donors (Lipinski definition) is 0. The molecule has 4 nitrogen and oxygen atoms in total. The lowest BCUT2D eigenvalue weighted by molar-refractivity contribution is 0.195. The quantitative estimate of drug-likeness (QED) is 0.791. The number of hydrogen-bond acceptors (Lipinski definition) is 4. The Kier molecular flexibility index (Phi) is 5.18. The maximum atomic E-state index is 2.60. The van der Waals surface area contributed by atoms with E-state index in [9.17, 15) is 0 Å². The zero-order valence-corrected chi connectivity index (χ0v) is 15.9. The summed E-state index contributed by atoms with van der Waals surface area (Å²) in [7, 11) is 0. The van der Waals surface area contributed by atoms with E-state index in [2.05, 4.69) is 75.0 Å². The van der Waals surface area contributed by atoms with Gasteiger partial charge in [-0.1, -0.05) is 0 Å². The Balaban J connectivity index is 2.54. The van der Waals surface area contributed by atoms with E-state index in [0.29, 0.717) is 24.2 Å². The van der Waals surface area contributed by atoms with E-state index in [-0.39, 0.29) is 0 Å². The van der Waals surface area contributed by atoms with Crippen LogP contribution in [-0.2, 0) is 0 Å². The maximum Gasteiger partial charge on any atom is 0.146 e. The van der Waals surface area contributed by atoms with Crippen molar-refractivity contribution in [2.75, 3.05) is 26.2 Å². The van der Waals surface area contributed by atoms with Gasteiger partial charge in [-0.3, -0.25) is 0 Å². The summed E-state index contributed by atoms with van der Waals surface area (Å²) in [4.78, 5) is 10.4. The van der Waals surface area contributed by atoms with Crippen molar-refractivity contribution in [3.63, 3.8) is 0 Å². The Morgan fingerprint density at radius 3 is 0.773 bits per heavy atom. The summed E-state index contributed by atoms with van der Waals surface area (Å²) >= 11 is 0. The van der Waals surface area contributed by atoms with Crippen LogP contribution in [0.15, 0.2) is 11.6 Å². The minimum absolute atomic E-state index is 0.551. The molecule has 2 heterocycles. The van der Waals surface area contributed by atoms with E-state index in [1.54, 1.807) is 0 Å². The molecule has 128 valence electrons. The highest BCUT2D eigenvalue weighted by molar-refractivity contribution is 5.20. The third kappa shape index (κ3) is 3.02. The largest absolute Gasteiger partial charge is 0.351 e. The second kappa shape index (κ2) is 6.59. The Labute approximate surface area is 137 Å². The van der Waals surface area contributed by atoms with Crippen molar-refractivity contribution in [1.29, 1.82) is 0 Å². The van der Waals surface area contributed by atoms with Crippen LogP contribution < -0.4 is 0 Å². The topological polar surface area (TPSA) is 13.0 Å². The summed E-state index contributed by atoms with van der Waals surface area (Å²) in [5, 5.41) is 0. The van der Waals surface area contributed by atoms with Crippen molar-refractivity contribution in [3.8, 4) is 0 Å². The molecular formula is C18H36N4. The molecule has 0 spiro atoms. The molecule has 4 heteroatoms. The summed E-state index contributed by atoms with van der Waals surface area (Å²) in [6, 6.07) is 2.20. The van der Waals surface area contributed by atoms with Crippen molar-refractivity contribution in [1.82, 2.24) is 19.6 Å². The Morgan fingerprint density at radius 2 is 0.636 bits per heavy atom. The van der Waals surface area contributed by atoms with Crippen LogP contribution in [0, 0.1) is 0 Å². The van der Waals surface area contributed by atoms with Crippen LogP contribution in [0.5, 0.6) is 0 Å². The van der Waals surface area contributed by atoms with Crippen LogP contribution in [-0.4, -0.2) is 69.9 Å². The van der Waals surface area contributed by atoms with Crippen molar-refractivity contribution >= 4 is 0 Å². The molecule has 0 amide bonds. The van der Waals surface area contributed by atoms with Crippen molar-refractivity contribution in [2.24, 2.45) is 0 Å². The molecule has 0 radical (unpaired) electrons. The van der Waals surface area contributed by atoms with Crippen molar-refractivity contribution in [3.05, 3.63) is 11.6 Å². The molecule has 0 unspecified atom stereocenters. The van der Waals surface area contributed by atoms with Gasteiger partial charge in [-0.15, -0.1) is 0 Å². The first kappa shape index (κ1) is 17.3. The highest BCUT2D eigenvalue weighted by Gasteiger charge is 2.39. The Bertz CT molecular complexity index is 337. The molecule has 0 bridgehead atoms. The van der Waals surface area contributed by atoms with E-state index in [0.717, 1.165) is 26.2 Å². The minimum atomic E-state index is 0.551. The number of rotatable bonds is 4. The fourth-order valence-corrected chi connectivity index (χ4v) is 3.71. The van der Waals surface area contributed by atoms with Gasteiger partial charge in [0.15, 0.2) is 0 Å². The third-order valence-corrected chi connectivity index (χ3v) is 4.95.